The molecular formula is C19H18O7S. The van der Waals surface area contributed by atoms with Gasteiger partial charge < -0.3 is 10.2 Å². The molecule has 0 saturated heterocycles. The summed E-state index contributed by atoms with van der Waals surface area (Å²) in [6.07, 6.45) is 4.43. The van der Waals surface area contributed by atoms with Crippen LogP contribution in [0.3, 0.4) is 0 Å². The molecule has 3 rings (SSSR count). The molecule has 1 aliphatic rings. The van der Waals surface area contributed by atoms with Crippen LogP contribution in [-0.2, 0) is 19.7 Å². The van der Waals surface area contributed by atoms with Gasteiger partial charge in [0.2, 0.25) is 0 Å². The summed E-state index contributed by atoms with van der Waals surface area (Å²) in [5.41, 5.74) is -0.949. The van der Waals surface area contributed by atoms with Crippen LogP contribution in [0.2, 0.25) is 0 Å². The zero-order valence-corrected chi connectivity index (χ0v) is 15.2. The van der Waals surface area contributed by atoms with Crippen LogP contribution < -0.4 is 0 Å². The third-order valence-corrected chi connectivity index (χ3v) is 5.02. The van der Waals surface area contributed by atoms with Gasteiger partial charge in [-0.2, -0.15) is 8.42 Å². The Balaban J connectivity index is 0.000000194. The summed E-state index contributed by atoms with van der Waals surface area (Å²) >= 11 is 0. The molecule has 0 aromatic heterocycles. The van der Waals surface area contributed by atoms with E-state index in [1.807, 2.05) is 6.07 Å². The topological polar surface area (TPSA) is 129 Å². The zero-order chi connectivity index (χ0) is 20.2. The van der Waals surface area contributed by atoms with Crippen molar-refractivity contribution in [2.24, 2.45) is 5.41 Å². The molecule has 1 atom stereocenters. The molecule has 1 unspecified atom stereocenters. The SMILES string of the molecule is CC1(C(=O)O)C=CC=C(C(=O)O)C1.O=S(=O)(O)c1cccc2ccccc12. The largest absolute Gasteiger partial charge is 0.481 e. The molecule has 142 valence electrons. The normalized spacial score (nSPS) is 19.0. The molecule has 0 spiro atoms. The Morgan fingerprint density at radius 3 is 2.26 bits per heavy atom. The number of hydrogen-bond donors (Lipinski definition) is 3. The Morgan fingerprint density at radius 1 is 1.04 bits per heavy atom. The first-order chi connectivity index (χ1) is 12.5. The van der Waals surface area contributed by atoms with Crippen LogP contribution >= 0.6 is 0 Å². The van der Waals surface area contributed by atoms with E-state index >= 15 is 0 Å². The van der Waals surface area contributed by atoms with E-state index in [0.29, 0.717) is 5.39 Å². The highest BCUT2D eigenvalue weighted by molar-refractivity contribution is 7.86. The smallest absolute Gasteiger partial charge is 0.331 e. The van der Waals surface area contributed by atoms with Crippen LogP contribution in [0, 0.1) is 5.41 Å². The number of allylic oxidation sites excluding steroid dienone is 2. The standard InChI is InChI=1S/C10H8O3S.C9H10O4/c11-14(12,13)10-7-3-5-8-4-1-2-6-9(8)10;1-9(8(12)13)4-2-3-6(5-9)7(10)11/h1-7H,(H,11,12,13);2-4H,5H2,1H3,(H,10,11)(H,12,13). The summed E-state index contributed by atoms with van der Waals surface area (Å²) in [7, 11) is -4.13. The third-order valence-electron chi connectivity index (χ3n) is 4.11. The lowest BCUT2D eigenvalue weighted by Crippen LogP contribution is -2.28. The van der Waals surface area contributed by atoms with Crippen LogP contribution in [0.25, 0.3) is 10.8 Å². The van der Waals surface area contributed by atoms with Gasteiger partial charge in [0.05, 0.1) is 5.41 Å². The predicted octanol–water partition coefficient (Wildman–Crippen LogP) is 3.13. The summed E-state index contributed by atoms with van der Waals surface area (Å²) < 4.78 is 31.0. The first-order valence-electron chi connectivity index (χ1n) is 7.85. The number of benzene rings is 2. The molecule has 27 heavy (non-hydrogen) atoms. The minimum absolute atomic E-state index is 0.0359. The van der Waals surface area contributed by atoms with Gasteiger partial charge in [-0.3, -0.25) is 9.35 Å². The van der Waals surface area contributed by atoms with Gasteiger partial charge in [-0.15, -0.1) is 0 Å². The molecule has 0 aliphatic heterocycles. The van der Waals surface area contributed by atoms with Crippen LogP contribution in [0.1, 0.15) is 13.3 Å². The van der Waals surface area contributed by atoms with Crippen molar-refractivity contribution in [3.8, 4) is 0 Å². The van der Waals surface area contributed by atoms with Crippen LogP contribution in [-0.4, -0.2) is 35.1 Å². The maximum absolute atomic E-state index is 11.0. The maximum Gasteiger partial charge on any atom is 0.331 e. The second-order valence-electron chi connectivity index (χ2n) is 6.21. The van der Waals surface area contributed by atoms with E-state index in [0.717, 1.165) is 5.39 Å². The summed E-state index contributed by atoms with van der Waals surface area (Å²) in [6.45, 7) is 1.50. The van der Waals surface area contributed by atoms with Gasteiger partial charge >= 0.3 is 11.9 Å². The molecule has 0 saturated carbocycles. The van der Waals surface area contributed by atoms with E-state index in [1.165, 1.54) is 31.2 Å². The Hall–Kier alpha value is -2.97. The summed E-state index contributed by atoms with van der Waals surface area (Å²) in [5, 5.41) is 18.8. The van der Waals surface area contributed by atoms with Crippen LogP contribution in [0.4, 0.5) is 0 Å². The molecule has 3 N–H and O–H groups in total. The fourth-order valence-corrected chi connectivity index (χ4v) is 3.32. The zero-order valence-electron chi connectivity index (χ0n) is 14.4. The highest BCUT2D eigenvalue weighted by Gasteiger charge is 2.34. The average Bonchev–Trinajstić information content (AvgIpc) is 2.61. The van der Waals surface area contributed by atoms with Crippen LogP contribution in [0.15, 0.2) is 71.2 Å². The molecule has 0 heterocycles. The minimum atomic E-state index is -4.13. The Labute approximate surface area is 156 Å². The molecule has 0 amide bonds. The van der Waals surface area contributed by atoms with Crippen molar-refractivity contribution in [3.05, 3.63) is 66.3 Å². The van der Waals surface area contributed by atoms with Crippen molar-refractivity contribution >= 4 is 32.8 Å². The highest BCUT2D eigenvalue weighted by atomic mass is 32.2. The Kier molecular flexibility index (Phi) is 5.82. The van der Waals surface area contributed by atoms with Crippen molar-refractivity contribution in [3.63, 3.8) is 0 Å². The fourth-order valence-electron chi connectivity index (χ4n) is 2.60. The van der Waals surface area contributed by atoms with Crippen molar-refractivity contribution in [2.45, 2.75) is 18.2 Å². The molecular weight excluding hydrogens is 372 g/mol. The number of aliphatic carboxylic acids is 2. The highest BCUT2D eigenvalue weighted by Crippen LogP contribution is 2.31. The Morgan fingerprint density at radius 2 is 1.67 bits per heavy atom. The number of hydrogen-bond acceptors (Lipinski definition) is 4. The molecule has 0 fully saturated rings. The number of carboxylic acids is 2. The molecule has 1 aliphatic carbocycles. The van der Waals surface area contributed by atoms with Crippen molar-refractivity contribution < 1.29 is 32.8 Å². The van der Waals surface area contributed by atoms with E-state index < -0.39 is 27.5 Å². The van der Waals surface area contributed by atoms with E-state index in [2.05, 4.69) is 0 Å². The predicted molar refractivity (Wildman–Crippen MR) is 99.0 cm³/mol. The Bertz CT molecular complexity index is 1050. The quantitative estimate of drug-likeness (QED) is 0.687. The van der Waals surface area contributed by atoms with Crippen molar-refractivity contribution in [1.29, 1.82) is 0 Å². The molecule has 2 aromatic carbocycles. The van der Waals surface area contributed by atoms with E-state index in [4.69, 9.17) is 14.8 Å². The van der Waals surface area contributed by atoms with E-state index in [9.17, 15) is 18.0 Å². The van der Waals surface area contributed by atoms with Gasteiger partial charge in [-0.1, -0.05) is 54.6 Å². The van der Waals surface area contributed by atoms with Crippen molar-refractivity contribution in [2.75, 3.05) is 0 Å². The van der Waals surface area contributed by atoms with Gasteiger partial charge in [-0.05, 0) is 24.8 Å². The second kappa shape index (κ2) is 7.73. The first kappa shape index (κ1) is 20.3. The minimum Gasteiger partial charge on any atom is -0.481 e. The van der Waals surface area contributed by atoms with Gasteiger partial charge in [0.15, 0.2) is 0 Å². The average molecular weight is 390 g/mol. The maximum atomic E-state index is 11.0. The van der Waals surface area contributed by atoms with Gasteiger partial charge in [0, 0.05) is 11.0 Å². The van der Waals surface area contributed by atoms with Crippen LogP contribution in [0.5, 0.6) is 0 Å². The lowest BCUT2D eigenvalue weighted by molar-refractivity contribution is -0.145. The van der Waals surface area contributed by atoms with E-state index in [-0.39, 0.29) is 16.9 Å². The number of carbonyl (C=O) groups is 2. The lowest BCUT2D eigenvalue weighted by atomic mass is 9.80. The summed E-state index contributed by atoms with van der Waals surface area (Å²) in [4.78, 5) is 21.3. The monoisotopic (exact) mass is 390 g/mol. The van der Waals surface area contributed by atoms with Gasteiger partial charge in [0.1, 0.15) is 4.90 Å². The second-order valence-corrected chi connectivity index (χ2v) is 7.60. The summed E-state index contributed by atoms with van der Waals surface area (Å²) in [5.74, 6) is -2.06. The van der Waals surface area contributed by atoms with Gasteiger partial charge in [0.25, 0.3) is 10.1 Å². The molecule has 8 heteroatoms. The lowest BCUT2D eigenvalue weighted by Gasteiger charge is -2.23. The molecule has 0 bridgehead atoms. The van der Waals surface area contributed by atoms with E-state index in [1.54, 1.807) is 30.3 Å². The number of rotatable bonds is 3. The molecule has 7 nitrogen and oxygen atoms in total. The molecule has 2 aromatic rings. The van der Waals surface area contributed by atoms with Gasteiger partial charge in [-0.25, -0.2) is 4.79 Å². The summed E-state index contributed by atoms with van der Waals surface area (Å²) in [6, 6.07) is 11.8. The number of carboxylic acid groups (broad SMARTS) is 2. The fraction of sp³-hybridized carbons (Fsp3) is 0.158. The number of fused-ring (bicyclic) bond motifs is 1. The van der Waals surface area contributed by atoms with Crippen molar-refractivity contribution in [1.82, 2.24) is 0 Å². The third kappa shape index (κ3) is 4.81. The molecule has 0 radical (unpaired) electrons. The first-order valence-corrected chi connectivity index (χ1v) is 9.29.